The summed E-state index contributed by atoms with van der Waals surface area (Å²) in [5.41, 5.74) is 3.95. The number of carbonyl (C=O) groups is 5. The molecule has 0 saturated heterocycles. The smallest absolute Gasteiger partial charge is 0.407 e. The van der Waals surface area contributed by atoms with Crippen molar-refractivity contribution in [2.24, 2.45) is 17.8 Å². The van der Waals surface area contributed by atoms with Gasteiger partial charge < -0.3 is 30.2 Å². The number of methoxy groups -OCH3 is 2. The van der Waals surface area contributed by atoms with E-state index in [1.165, 1.54) is 33.5 Å². The highest BCUT2D eigenvalue weighted by atomic mass is 16.5. The van der Waals surface area contributed by atoms with E-state index < -0.39 is 48.2 Å². The molecule has 4 amide bonds. The normalized spacial score (nSPS) is 15.5. The van der Waals surface area contributed by atoms with Gasteiger partial charge in [-0.3, -0.25) is 19.8 Å². The first-order chi connectivity index (χ1) is 25.9. The van der Waals surface area contributed by atoms with Gasteiger partial charge in [0.2, 0.25) is 5.91 Å². The van der Waals surface area contributed by atoms with Crippen molar-refractivity contribution < 1.29 is 38.2 Å². The third-order valence-corrected chi connectivity index (χ3v) is 10.0. The van der Waals surface area contributed by atoms with E-state index in [-0.39, 0.29) is 36.7 Å². The number of unbranched alkanes of at least 4 members (excludes halogenated alkanes) is 6. The van der Waals surface area contributed by atoms with Crippen LogP contribution in [0.2, 0.25) is 0 Å². The monoisotopic (exact) mass is 760 g/mol. The first-order valence-electron chi connectivity index (χ1n) is 20.2. The predicted molar refractivity (Wildman–Crippen MR) is 209 cm³/mol. The summed E-state index contributed by atoms with van der Waals surface area (Å²) in [4.78, 5) is 65.9. The number of ether oxygens (including phenoxy) is 3. The fourth-order valence-corrected chi connectivity index (χ4v) is 6.85. The number of hydrazine groups is 1. The molecule has 4 atom stereocenters. The van der Waals surface area contributed by atoms with E-state index in [1.54, 1.807) is 5.01 Å². The Morgan fingerprint density at radius 2 is 1.30 bits per heavy atom. The van der Waals surface area contributed by atoms with E-state index in [1.807, 2.05) is 58.0 Å². The zero-order valence-corrected chi connectivity index (χ0v) is 34.0. The van der Waals surface area contributed by atoms with Gasteiger partial charge in [0, 0.05) is 13.0 Å². The molecule has 1 aliphatic carbocycles. The van der Waals surface area contributed by atoms with Gasteiger partial charge in [0.15, 0.2) is 0 Å². The molecular weight excluding hydrogens is 690 g/mol. The Balaban J connectivity index is 2.50. The number of hydrogen-bond acceptors (Lipinski definition) is 9. The van der Waals surface area contributed by atoms with Crippen LogP contribution in [0.25, 0.3) is 0 Å². The van der Waals surface area contributed by atoms with Gasteiger partial charge >= 0.3 is 18.2 Å². The molecule has 1 aromatic carbocycles. The van der Waals surface area contributed by atoms with Gasteiger partial charge in [0.25, 0.3) is 5.91 Å². The second-order valence-corrected chi connectivity index (χ2v) is 15.3. The van der Waals surface area contributed by atoms with Gasteiger partial charge in [-0.1, -0.05) is 123 Å². The minimum absolute atomic E-state index is 0.0720. The van der Waals surface area contributed by atoms with Crippen LogP contribution in [0, 0.1) is 17.8 Å². The first kappa shape index (κ1) is 46.3. The molecular formula is C41H69N5O8. The number of nitrogens with one attached hydrogen (secondary N) is 4. The van der Waals surface area contributed by atoms with E-state index in [2.05, 4.69) is 28.3 Å². The summed E-state index contributed by atoms with van der Waals surface area (Å²) in [5.74, 6) is -1.51. The third-order valence-electron chi connectivity index (χ3n) is 10.0. The second-order valence-electron chi connectivity index (χ2n) is 15.3. The Morgan fingerprint density at radius 1 is 0.741 bits per heavy atom. The van der Waals surface area contributed by atoms with E-state index in [9.17, 15) is 24.0 Å². The van der Waals surface area contributed by atoms with Crippen LogP contribution in [0.5, 0.6) is 0 Å². The summed E-state index contributed by atoms with van der Waals surface area (Å²) in [5, 5.41) is 10.2. The Labute approximate surface area is 323 Å². The summed E-state index contributed by atoms with van der Waals surface area (Å²) in [6.45, 7) is 10.1. The maximum absolute atomic E-state index is 14.0. The molecule has 0 radical (unpaired) electrons. The number of hydrogen-bond donors (Lipinski definition) is 4. The van der Waals surface area contributed by atoms with Crippen molar-refractivity contribution in [1.82, 2.24) is 26.4 Å². The lowest BCUT2D eigenvalue weighted by molar-refractivity contribution is -0.154. The lowest BCUT2D eigenvalue weighted by Gasteiger charge is -2.36. The van der Waals surface area contributed by atoms with Crippen molar-refractivity contribution >= 4 is 30.0 Å². The lowest BCUT2D eigenvalue weighted by atomic mass is 9.89. The SMILES string of the molecule is CCCCCCCCCC(=O)OC(CN(CC1CCCCC1)NC(=O)[C@@H](NC(=O)OC)C(C)C)C(Cc1ccccc1)NC(=O)[C@@H](NC(=O)OC)C(C)C. The van der Waals surface area contributed by atoms with Crippen LogP contribution in [-0.2, 0) is 35.0 Å². The van der Waals surface area contributed by atoms with Crippen LogP contribution < -0.4 is 21.4 Å². The van der Waals surface area contributed by atoms with Crippen molar-refractivity contribution in [3.05, 3.63) is 35.9 Å². The van der Waals surface area contributed by atoms with Gasteiger partial charge in [-0.05, 0) is 49.0 Å². The van der Waals surface area contributed by atoms with Crippen molar-refractivity contribution in [2.75, 3.05) is 27.3 Å². The molecule has 0 aliphatic heterocycles. The third kappa shape index (κ3) is 18.0. The molecule has 0 heterocycles. The molecule has 0 aromatic heterocycles. The highest BCUT2D eigenvalue weighted by molar-refractivity contribution is 5.86. The lowest BCUT2D eigenvalue weighted by Crippen LogP contribution is -2.60. The molecule has 2 rings (SSSR count). The van der Waals surface area contributed by atoms with Crippen molar-refractivity contribution in [3.63, 3.8) is 0 Å². The number of rotatable bonds is 24. The standard InChI is InChI=1S/C41H69N5O8/c1-8-9-10-11-12-13-20-25-35(47)54-34(33(26-31-21-16-14-17-22-31)42-38(48)36(29(2)3)43-40(50)52-6)28-46(27-32-23-18-15-19-24-32)45-39(49)37(30(4)5)44-41(51)53-7/h14,16-17,21-22,29-30,32-34,36-37H,8-13,15,18-20,23-28H2,1-7H3,(H,42,48)(H,43,50)(H,44,51)(H,45,49)/t33?,34?,36-,37-/m0/s1. The highest BCUT2D eigenvalue weighted by Crippen LogP contribution is 2.25. The molecule has 306 valence electrons. The average molecular weight is 760 g/mol. The molecule has 54 heavy (non-hydrogen) atoms. The summed E-state index contributed by atoms with van der Waals surface area (Å²) >= 11 is 0. The number of benzene rings is 1. The number of carbonyl (C=O) groups excluding carboxylic acids is 5. The molecule has 0 spiro atoms. The second kappa shape index (κ2) is 26.0. The van der Waals surface area contributed by atoms with Crippen molar-refractivity contribution in [2.45, 2.75) is 149 Å². The van der Waals surface area contributed by atoms with Crippen LogP contribution in [0.1, 0.15) is 124 Å². The van der Waals surface area contributed by atoms with Crippen molar-refractivity contribution in [3.8, 4) is 0 Å². The fourth-order valence-electron chi connectivity index (χ4n) is 6.85. The van der Waals surface area contributed by atoms with Crippen LogP contribution in [0.15, 0.2) is 30.3 Å². The number of alkyl carbamates (subject to hydrolysis) is 2. The van der Waals surface area contributed by atoms with Gasteiger partial charge in [0.1, 0.15) is 18.2 Å². The Kier molecular flexibility index (Phi) is 22.3. The molecule has 1 fully saturated rings. The minimum Gasteiger partial charge on any atom is -0.459 e. The number of esters is 1. The van der Waals surface area contributed by atoms with Gasteiger partial charge in [-0.15, -0.1) is 0 Å². The quantitative estimate of drug-likeness (QED) is 0.0402. The summed E-state index contributed by atoms with van der Waals surface area (Å²) in [7, 11) is 2.49. The molecule has 1 aromatic rings. The minimum atomic E-state index is -0.922. The first-order valence-corrected chi connectivity index (χ1v) is 20.2. The molecule has 1 aliphatic rings. The number of amides is 4. The Bertz CT molecular complexity index is 1260. The highest BCUT2D eigenvalue weighted by Gasteiger charge is 2.35. The molecule has 0 bridgehead atoms. The van der Waals surface area contributed by atoms with Gasteiger partial charge in [-0.25, -0.2) is 14.6 Å². The van der Waals surface area contributed by atoms with Gasteiger partial charge in [-0.2, -0.15) is 0 Å². The van der Waals surface area contributed by atoms with Crippen LogP contribution in [0.3, 0.4) is 0 Å². The Hall–Kier alpha value is -3.87. The summed E-state index contributed by atoms with van der Waals surface area (Å²) in [6, 6.07) is 7.05. The Morgan fingerprint density at radius 3 is 1.85 bits per heavy atom. The van der Waals surface area contributed by atoms with Crippen LogP contribution >= 0.6 is 0 Å². The maximum Gasteiger partial charge on any atom is 0.407 e. The van der Waals surface area contributed by atoms with E-state index in [0.29, 0.717) is 19.4 Å². The summed E-state index contributed by atoms with van der Waals surface area (Å²) in [6.07, 6.45) is 10.8. The van der Waals surface area contributed by atoms with Crippen LogP contribution in [-0.4, -0.2) is 86.5 Å². The average Bonchev–Trinajstić information content (AvgIpc) is 3.15. The predicted octanol–water partition coefficient (Wildman–Crippen LogP) is 6.44. The molecule has 4 N–H and O–H groups in total. The van der Waals surface area contributed by atoms with Gasteiger partial charge in [0.05, 0.1) is 26.8 Å². The largest absolute Gasteiger partial charge is 0.459 e. The zero-order valence-electron chi connectivity index (χ0n) is 34.0. The van der Waals surface area contributed by atoms with E-state index in [0.717, 1.165) is 56.9 Å². The molecule has 2 unspecified atom stereocenters. The fraction of sp³-hybridized carbons (Fsp3) is 0.732. The maximum atomic E-state index is 14.0. The van der Waals surface area contributed by atoms with Crippen molar-refractivity contribution in [1.29, 1.82) is 0 Å². The number of nitrogens with zero attached hydrogens (tertiary/aromatic N) is 1. The zero-order chi connectivity index (χ0) is 39.9. The van der Waals surface area contributed by atoms with Crippen LogP contribution in [0.4, 0.5) is 9.59 Å². The molecule has 13 heteroatoms. The van der Waals surface area contributed by atoms with E-state index >= 15 is 0 Å². The topological polar surface area (TPSA) is 164 Å². The molecule has 1 saturated carbocycles. The summed E-state index contributed by atoms with van der Waals surface area (Å²) < 4.78 is 15.9. The molecule has 13 nitrogen and oxygen atoms in total. The van der Waals surface area contributed by atoms with E-state index in [4.69, 9.17) is 14.2 Å².